The Hall–Kier alpha value is -9.18. The lowest BCUT2D eigenvalue weighted by Crippen LogP contribution is -2.33. The highest BCUT2D eigenvalue weighted by Crippen LogP contribution is 2.62. The minimum Gasteiger partial charge on any atom is -0.310 e. The number of rotatable bonds is 8. The molecule has 0 unspecified atom stereocenters. The monoisotopic (exact) mass is 891 g/mol. The summed E-state index contributed by atoms with van der Waals surface area (Å²) in [6.07, 6.45) is 0. The van der Waals surface area contributed by atoms with Gasteiger partial charge in [0.1, 0.15) is 0 Å². The number of fused-ring (bicyclic) bond motifs is 12. The van der Waals surface area contributed by atoms with Crippen LogP contribution in [0.15, 0.2) is 273 Å². The van der Waals surface area contributed by atoms with Crippen LogP contribution >= 0.6 is 0 Å². The second-order valence-electron chi connectivity index (χ2n) is 18.4. The zero-order valence-corrected chi connectivity index (χ0v) is 38.3. The van der Waals surface area contributed by atoms with Crippen LogP contribution in [-0.4, -0.2) is 4.57 Å². The summed E-state index contributed by atoms with van der Waals surface area (Å²) < 4.78 is 2.59. The third-order valence-electron chi connectivity index (χ3n) is 14.7. The molecule has 1 spiro atoms. The zero-order chi connectivity index (χ0) is 46.2. The SMILES string of the molecule is c1ccc(-c2ccc(N(c3ccccc3)c3ccc4c(c3)-n3c5ccccc5c5c(N(c6ccccc6)c6cccc(-c7ccccc7)c6)ccc(c53)C43c4ccccc4-c4ccccc43)cc2)cc1. The van der Waals surface area contributed by atoms with Crippen molar-refractivity contribution in [3.05, 3.63) is 295 Å². The van der Waals surface area contributed by atoms with Gasteiger partial charge in [0.25, 0.3) is 0 Å². The maximum Gasteiger partial charge on any atom is 0.0754 e. The van der Waals surface area contributed by atoms with Crippen molar-refractivity contribution < 1.29 is 0 Å². The van der Waals surface area contributed by atoms with E-state index in [2.05, 4.69) is 287 Å². The molecule has 12 aromatic rings. The average molecular weight is 892 g/mol. The summed E-state index contributed by atoms with van der Waals surface area (Å²) in [7, 11) is 0. The molecule has 3 heteroatoms. The Kier molecular flexibility index (Phi) is 9.11. The molecule has 2 heterocycles. The van der Waals surface area contributed by atoms with Crippen LogP contribution < -0.4 is 9.80 Å². The number of para-hydroxylation sites is 3. The zero-order valence-electron chi connectivity index (χ0n) is 38.3. The summed E-state index contributed by atoms with van der Waals surface area (Å²) >= 11 is 0. The van der Waals surface area contributed by atoms with Gasteiger partial charge in [-0.2, -0.15) is 0 Å². The van der Waals surface area contributed by atoms with E-state index in [1.807, 2.05) is 0 Å². The molecule has 0 radical (unpaired) electrons. The van der Waals surface area contributed by atoms with Crippen LogP contribution in [-0.2, 0) is 5.41 Å². The smallest absolute Gasteiger partial charge is 0.0754 e. The van der Waals surface area contributed by atoms with E-state index in [0.717, 1.165) is 34.1 Å². The van der Waals surface area contributed by atoms with Crippen molar-refractivity contribution in [2.24, 2.45) is 0 Å². The molecule has 70 heavy (non-hydrogen) atoms. The fraction of sp³-hybridized carbons (Fsp3) is 0.0149. The molecular formula is C67H45N3. The van der Waals surface area contributed by atoms with Crippen LogP contribution in [0.4, 0.5) is 34.1 Å². The first-order chi connectivity index (χ1) is 34.8. The summed E-state index contributed by atoms with van der Waals surface area (Å²) in [6.45, 7) is 0. The Bertz CT molecular complexity index is 3890. The van der Waals surface area contributed by atoms with Gasteiger partial charge in [0.2, 0.25) is 0 Å². The van der Waals surface area contributed by atoms with E-state index in [9.17, 15) is 0 Å². The molecular weight excluding hydrogens is 847 g/mol. The van der Waals surface area contributed by atoms with Crippen molar-refractivity contribution in [2.45, 2.75) is 5.41 Å². The van der Waals surface area contributed by atoms with Crippen molar-refractivity contribution in [2.75, 3.05) is 9.80 Å². The van der Waals surface area contributed by atoms with E-state index < -0.39 is 5.41 Å². The Morgan fingerprint density at radius 3 is 1.44 bits per heavy atom. The van der Waals surface area contributed by atoms with Gasteiger partial charge in [-0.15, -0.1) is 0 Å². The average Bonchev–Trinajstić information content (AvgIpc) is 3.94. The Balaban J connectivity index is 1.08. The van der Waals surface area contributed by atoms with Gasteiger partial charge >= 0.3 is 0 Å². The molecule has 3 nitrogen and oxygen atoms in total. The molecule has 0 amide bonds. The van der Waals surface area contributed by atoms with Gasteiger partial charge in [0, 0.05) is 39.2 Å². The predicted octanol–water partition coefficient (Wildman–Crippen LogP) is 17.7. The third-order valence-corrected chi connectivity index (χ3v) is 14.7. The van der Waals surface area contributed by atoms with E-state index in [4.69, 9.17) is 0 Å². The Labute approximate surface area is 408 Å². The van der Waals surface area contributed by atoms with E-state index in [-0.39, 0.29) is 0 Å². The first-order valence-corrected chi connectivity index (χ1v) is 24.2. The third kappa shape index (κ3) is 5.95. The van der Waals surface area contributed by atoms with Crippen LogP contribution in [0.3, 0.4) is 0 Å². The van der Waals surface area contributed by atoms with E-state index in [0.29, 0.717) is 0 Å². The van der Waals surface area contributed by atoms with Crippen molar-refractivity contribution in [3.63, 3.8) is 0 Å². The first kappa shape index (κ1) is 39.9. The normalized spacial score (nSPS) is 12.7. The van der Waals surface area contributed by atoms with E-state index in [1.54, 1.807) is 0 Å². The largest absolute Gasteiger partial charge is 0.310 e. The highest BCUT2D eigenvalue weighted by molar-refractivity contribution is 6.19. The van der Waals surface area contributed by atoms with Gasteiger partial charge in [-0.05, 0) is 128 Å². The molecule has 11 aromatic carbocycles. The highest BCUT2D eigenvalue weighted by atomic mass is 15.2. The first-order valence-electron chi connectivity index (χ1n) is 24.2. The summed E-state index contributed by atoms with van der Waals surface area (Å²) in [5.74, 6) is 0. The minimum atomic E-state index is -0.609. The number of hydrogen-bond donors (Lipinski definition) is 0. The van der Waals surface area contributed by atoms with Crippen LogP contribution in [0.2, 0.25) is 0 Å². The molecule has 328 valence electrons. The van der Waals surface area contributed by atoms with Crippen molar-refractivity contribution in [3.8, 4) is 39.1 Å². The number of aromatic nitrogens is 1. The second kappa shape index (κ2) is 16.0. The van der Waals surface area contributed by atoms with Gasteiger partial charge in [-0.1, -0.05) is 200 Å². The molecule has 1 aliphatic heterocycles. The molecule has 0 N–H and O–H groups in total. The van der Waals surface area contributed by atoms with Gasteiger partial charge in [-0.3, -0.25) is 0 Å². The summed E-state index contributed by atoms with van der Waals surface area (Å²) in [5, 5.41) is 2.43. The van der Waals surface area contributed by atoms with E-state index >= 15 is 0 Å². The fourth-order valence-electron chi connectivity index (χ4n) is 11.9. The number of nitrogens with zero attached hydrogens (tertiary/aromatic N) is 3. The number of hydrogen-bond acceptors (Lipinski definition) is 2. The standard InChI is InChI=1S/C67H45N3/c1-5-20-46(21-6-1)48-36-38-52(39-37-48)68(50-25-9-3-10-26-50)54-40-41-60-64(45-54)70-62-35-18-15-32-57(62)65-63(69(51-27-11-4-12-28-51)53-29-19-24-49(44-53)47-22-7-2-8-23-47)43-42-61(66(65)70)67(60)58-33-16-13-30-55(58)56-31-14-17-34-59(56)67/h1-45H. The van der Waals surface area contributed by atoms with Gasteiger partial charge in [0.05, 0.1) is 27.8 Å². The molecule has 0 fully saturated rings. The van der Waals surface area contributed by atoms with Crippen LogP contribution in [0.25, 0.3) is 60.9 Å². The van der Waals surface area contributed by atoms with Crippen molar-refractivity contribution in [1.29, 1.82) is 0 Å². The molecule has 1 aliphatic carbocycles. The maximum atomic E-state index is 2.59. The maximum absolute atomic E-state index is 2.59. The molecule has 0 saturated heterocycles. The Morgan fingerprint density at radius 1 is 0.300 bits per heavy atom. The van der Waals surface area contributed by atoms with Gasteiger partial charge in [-0.25, -0.2) is 0 Å². The fourth-order valence-corrected chi connectivity index (χ4v) is 11.9. The molecule has 0 saturated carbocycles. The molecule has 2 aliphatic rings. The van der Waals surface area contributed by atoms with Crippen LogP contribution in [0, 0.1) is 0 Å². The lowest BCUT2D eigenvalue weighted by molar-refractivity contribution is 0.748. The van der Waals surface area contributed by atoms with Gasteiger partial charge < -0.3 is 14.4 Å². The molecule has 0 atom stereocenters. The molecule has 1 aromatic heterocycles. The summed E-state index contributed by atoms with van der Waals surface area (Å²) in [5.41, 5.74) is 22.0. The predicted molar refractivity (Wildman–Crippen MR) is 292 cm³/mol. The van der Waals surface area contributed by atoms with Gasteiger partial charge in [0.15, 0.2) is 0 Å². The van der Waals surface area contributed by atoms with Crippen molar-refractivity contribution >= 4 is 55.9 Å². The Morgan fingerprint density at radius 2 is 0.771 bits per heavy atom. The molecule has 14 rings (SSSR count). The minimum absolute atomic E-state index is 0.609. The lowest BCUT2D eigenvalue weighted by atomic mass is 9.65. The topological polar surface area (TPSA) is 11.4 Å². The van der Waals surface area contributed by atoms with E-state index in [1.165, 1.54) is 83.1 Å². The quantitative estimate of drug-likeness (QED) is 0.151. The lowest BCUT2D eigenvalue weighted by Gasteiger charge is -2.40. The number of benzene rings is 11. The summed E-state index contributed by atoms with van der Waals surface area (Å²) in [4.78, 5) is 4.87. The van der Waals surface area contributed by atoms with Crippen LogP contribution in [0.5, 0.6) is 0 Å². The molecule has 0 bridgehead atoms. The summed E-state index contributed by atoms with van der Waals surface area (Å²) in [6, 6.07) is 100. The van der Waals surface area contributed by atoms with Crippen LogP contribution in [0.1, 0.15) is 22.3 Å². The van der Waals surface area contributed by atoms with Crippen molar-refractivity contribution in [1.82, 2.24) is 4.57 Å². The highest BCUT2D eigenvalue weighted by Gasteiger charge is 2.51. The second-order valence-corrected chi connectivity index (χ2v) is 18.4. The number of anilines is 6.